The highest BCUT2D eigenvalue weighted by Gasteiger charge is 2.27. The number of ketones is 1. The number of anilines is 5. The summed E-state index contributed by atoms with van der Waals surface area (Å²) in [6.45, 7) is 11.0. The summed E-state index contributed by atoms with van der Waals surface area (Å²) in [6, 6.07) is 18.3. The molecule has 77 heavy (non-hydrogen) atoms. The fraction of sp³-hybridized carbons (Fsp3) is 0.364. The van der Waals surface area contributed by atoms with Crippen LogP contribution in [0.2, 0.25) is 0 Å². The molecule has 21 nitrogen and oxygen atoms in total. The summed E-state index contributed by atoms with van der Waals surface area (Å²) in [4.78, 5) is 88.4. The zero-order chi connectivity index (χ0) is 54.2. The molecule has 5 aromatic heterocycles. The van der Waals surface area contributed by atoms with E-state index in [0.717, 1.165) is 46.5 Å². The number of nitrogens with zero attached hydrogens (tertiary/aromatic N) is 8. The number of hydrogen-bond acceptors (Lipinski definition) is 16. The van der Waals surface area contributed by atoms with E-state index in [1.165, 1.54) is 37.4 Å². The molecule has 7 aromatic rings. The van der Waals surface area contributed by atoms with Gasteiger partial charge in [-0.1, -0.05) is 36.6 Å². The lowest BCUT2D eigenvalue weighted by Crippen LogP contribution is -2.49. The van der Waals surface area contributed by atoms with Crippen molar-refractivity contribution in [1.29, 1.82) is 0 Å². The highest BCUT2D eigenvalue weighted by atomic mass is 32.2. The van der Waals surface area contributed by atoms with Crippen LogP contribution in [0.25, 0.3) is 21.9 Å². The van der Waals surface area contributed by atoms with E-state index >= 15 is 0 Å². The largest absolute Gasteiger partial charge is 0.379 e. The Hall–Kier alpha value is -7.92. The van der Waals surface area contributed by atoms with E-state index in [4.69, 9.17) is 14.5 Å². The maximum atomic E-state index is 13.7. The number of pyridine rings is 3. The first-order valence-corrected chi connectivity index (χ1v) is 27.1. The molecular formula is C55H62N12O9S. The molecule has 2 aromatic carbocycles. The van der Waals surface area contributed by atoms with Crippen LogP contribution >= 0.6 is 0 Å². The molecule has 402 valence electrons. The lowest BCUT2D eigenvalue weighted by molar-refractivity contribution is -0.122. The first-order valence-electron chi connectivity index (χ1n) is 25.7. The summed E-state index contributed by atoms with van der Waals surface area (Å²) in [5.74, 6) is -0.226. The Kier molecular flexibility index (Phi) is 16.8. The molecule has 1 aliphatic carbocycles. The standard InChI is InChI=1S/C55H62N12O9S/c1-35-9-13-41(14-10-35)77(73,74)66-22-19-42-45(66)16-15-43(53(71)60-46-17-11-36(2)31-57-46)51(42)62-48(69)20-27-75-29-30-76-28-21-56-49(70)34-64-23-25-65(26-24-64)40-12-18-47(58-32-40)61-55-59-33-44-37(3)50(38(4)68)54(72)67(52(44)63-55)39-7-5-6-8-39/h9-19,22,31-33,39H,5-8,20-21,23-30,34H2,1-4H3,(H,56,70)(H,62,69)(H,57,60,71)(H,58,59,61,63). The van der Waals surface area contributed by atoms with Gasteiger partial charge in [0.05, 0.1) is 78.5 Å². The van der Waals surface area contributed by atoms with Gasteiger partial charge in [0.2, 0.25) is 17.8 Å². The third kappa shape index (κ3) is 12.5. The van der Waals surface area contributed by atoms with Crippen LogP contribution in [-0.4, -0.2) is 131 Å². The highest BCUT2D eigenvalue weighted by molar-refractivity contribution is 7.90. The Morgan fingerprint density at radius 1 is 0.727 bits per heavy atom. The molecule has 2 fully saturated rings. The monoisotopic (exact) mass is 1070 g/mol. The minimum atomic E-state index is -4.01. The van der Waals surface area contributed by atoms with E-state index in [9.17, 15) is 32.4 Å². The SMILES string of the molecule is CC(=O)c1c(C)c2cnc(Nc3ccc(N4CCN(CC(=O)NCCOCCOCCC(=O)Nc5c(C(=O)Nc6ccc(C)cn6)ccc6c5ccn6S(=O)(=O)c5ccc(C)cc5)CC4)cn3)nc2n(C2CCCC2)c1=O. The van der Waals surface area contributed by atoms with Crippen molar-refractivity contribution < 1.29 is 37.1 Å². The van der Waals surface area contributed by atoms with Gasteiger partial charge in [0.25, 0.3) is 21.5 Å². The number of amides is 3. The summed E-state index contributed by atoms with van der Waals surface area (Å²) in [5.41, 5.74) is 4.27. The van der Waals surface area contributed by atoms with Crippen LogP contribution in [0.1, 0.15) is 82.5 Å². The van der Waals surface area contributed by atoms with Crippen molar-refractivity contribution in [3.63, 3.8) is 0 Å². The van der Waals surface area contributed by atoms with Crippen molar-refractivity contribution in [2.75, 3.05) is 86.5 Å². The molecule has 0 spiro atoms. The molecule has 6 heterocycles. The van der Waals surface area contributed by atoms with Crippen molar-refractivity contribution in [1.82, 2.24) is 38.7 Å². The van der Waals surface area contributed by atoms with Gasteiger partial charge in [0.15, 0.2) is 5.78 Å². The molecule has 0 radical (unpaired) electrons. The normalized spacial score (nSPS) is 14.3. The van der Waals surface area contributed by atoms with Crippen LogP contribution in [0.4, 0.5) is 29.0 Å². The van der Waals surface area contributed by atoms with E-state index in [1.54, 1.807) is 60.4 Å². The number of rotatable bonds is 21. The van der Waals surface area contributed by atoms with Crippen molar-refractivity contribution in [3.8, 4) is 0 Å². The molecule has 4 N–H and O–H groups in total. The molecule has 3 amide bonds. The minimum absolute atomic E-state index is 0.0215. The number of aryl methyl sites for hydroxylation is 3. The smallest absolute Gasteiger partial charge is 0.268 e. The summed E-state index contributed by atoms with van der Waals surface area (Å²) in [6.07, 6.45) is 10.1. The number of ether oxygens (including phenoxy) is 2. The predicted molar refractivity (Wildman–Crippen MR) is 293 cm³/mol. The summed E-state index contributed by atoms with van der Waals surface area (Å²) in [7, 11) is -4.01. The lowest BCUT2D eigenvalue weighted by Gasteiger charge is -2.35. The Morgan fingerprint density at radius 3 is 2.14 bits per heavy atom. The Labute approximate surface area is 445 Å². The van der Waals surface area contributed by atoms with E-state index in [-0.39, 0.29) is 89.9 Å². The Morgan fingerprint density at radius 2 is 1.44 bits per heavy atom. The second kappa shape index (κ2) is 24.0. The molecule has 1 aliphatic heterocycles. The molecule has 1 saturated heterocycles. The van der Waals surface area contributed by atoms with Crippen LogP contribution in [0.15, 0.2) is 101 Å². The van der Waals surface area contributed by atoms with Crippen LogP contribution in [-0.2, 0) is 29.1 Å². The number of piperazine rings is 1. The molecule has 9 rings (SSSR count). The first kappa shape index (κ1) is 53.9. The van der Waals surface area contributed by atoms with Gasteiger partial charge in [-0.05, 0) is 100 Å². The molecule has 0 bridgehead atoms. The molecule has 22 heteroatoms. The van der Waals surface area contributed by atoms with Crippen molar-refractivity contribution in [3.05, 3.63) is 130 Å². The summed E-state index contributed by atoms with van der Waals surface area (Å²) in [5, 5.41) is 12.7. The van der Waals surface area contributed by atoms with Crippen LogP contribution in [0.3, 0.4) is 0 Å². The zero-order valence-electron chi connectivity index (χ0n) is 43.5. The third-order valence-electron chi connectivity index (χ3n) is 13.8. The second-order valence-corrected chi connectivity index (χ2v) is 21.1. The predicted octanol–water partition coefficient (Wildman–Crippen LogP) is 6.31. The third-order valence-corrected chi connectivity index (χ3v) is 15.5. The molecule has 0 atom stereocenters. The number of Topliss-reactive ketones (excluding diaryl/α,β-unsaturated/α-hetero) is 1. The fourth-order valence-electron chi connectivity index (χ4n) is 9.72. The maximum absolute atomic E-state index is 13.7. The average molecular weight is 1070 g/mol. The number of fused-ring (bicyclic) bond motifs is 2. The number of hydrogen-bond donors (Lipinski definition) is 4. The number of nitrogens with one attached hydrogen (secondary N) is 4. The van der Waals surface area contributed by atoms with Crippen LogP contribution < -0.4 is 31.7 Å². The Balaban J connectivity index is 0.688. The average Bonchev–Trinajstić information content (AvgIpc) is 4.20. The lowest BCUT2D eigenvalue weighted by atomic mass is 10.0. The van der Waals surface area contributed by atoms with Gasteiger partial charge in [-0.3, -0.25) is 33.4 Å². The van der Waals surface area contributed by atoms with Gasteiger partial charge >= 0.3 is 0 Å². The summed E-state index contributed by atoms with van der Waals surface area (Å²) >= 11 is 0. The van der Waals surface area contributed by atoms with Crippen molar-refractivity contribution in [2.24, 2.45) is 0 Å². The molecule has 1 saturated carbocycles. The quantitative estimate of drug-likeness (QED) is 0.0454. The minimum Gasteiger partial charge on any atom is -0.379 e. The van der Waals surface area contributed by atoms with Crippen molar-refractivity contribution in [2.45, 2.75) is 70.7 Å². The van der Waals surface area contributed by atoms with Gasteiger partial charge in [0, 0.05) is 68.1 Å². The van der Waals surface area contributed by atoms with Gasteiger partial charge in [0.1, 0.15) is 17.3 Å². The fourth-order valence-corrected chi connectivity index (χ4v) is 11.1. The Bertz CT molecular complexity index is 3480. The van der Waals surface area contributed by atoms with E-state index in [1.807, 2.05) is 26.0 Å². The first-order chi connectivity index (χ1) is 37.1. The van der Waals surface area contributed by atoms with Gasteiger partial charge < -0.3 is 35.6 Å². The van der Waals surface area contributed by atoms with E-state index in [0.29, 0.717) is 72.3 Å². The van der Waals surface area contributed by atoms with E-state index < -0.39 is 21.8 Å². The summed E-state index contributed by atoms with van der Waals surface area (Å²) < 4.78 is 41.5. The van der Waals surface area contributed by atoms with Gasteiger partial charge in [-0.25, -0.2) is 27.3 Å². The zero-order valence-corrected chi connectivity index (χ0v) is 44.3. The molecule has 0 unspecified atom stereocenters. The van der Waals surface area contributed by atoms with Crippen molar-refractivity contribution >= 4 is 84.4 Å². The van der Waals surface area contributed by atoms with Crippen LogP contribution in [0.5, 0.6) is 0 Å². The topological polar surface area (TPSA) is 254 Å². The molecule has 2 aliphatic rings. The number of benzene rings is 2. The number of carbonyl (C=O) groups is 4. The maximum Gasteiger partial charge on any atom is 0.268 e. The van der Waals surface area contributed by atoms with Gasteiger partial charge in [-0.15, -0.1) is 0 Å². The number of aromatic nitrogens is 6. The number of carbonyl (C=O) groups excluding carboxylic acids is 4. The molecular weight excluding hydrogens is 1000 g/mol. The van der Waals surface area contributed by atoms with E-state index in [2.05, 4.69) is 46.0 Å². The van der Waals surface area contributed by atoms with Gasteiger partial charge in [-0.2, -0.15) is 4.98 Å². The highest BCUT2D eigenvalue weighted by Crippen LogP contribution is 2.34. The van der Waals surface area contributed by atoms with Crippen LogP contribution in [0, 0.1) is 20.8 Å². The second-order valence-electron chi connectivity index (χ2n) is 19.3.